The number of piperidine rings is 1. The quantitative estimate of drug-likeness (QED) is 0.690. The number of hydrogen-bond donors (Lipinski definition) is 2. The molecule has 0 saturated carbocycles. The highest BCUT2D eigenvalue weighted by Crippen LogP contribution is 2.30. The zero-order valence-corrected chi connectivity index (χ0v) is 18.2. The van der Waals surface area contributed by atoms with Crippen molar-refractivity contribution in [1.29, 1.82) is 0 Å². The van der Waals surface area contributed by atoms with Crippen molar-refractivity contribution < 1.29 is 19.1 Å². The van der Waals surface area contributed by atoms with E-state index in [4.69, 9.17) is 4.74 Å². The highest BCUT2D eigenvalue weighted by Gasteiger charge is 2.37. The summed E-state index contributed by atoms with van der Waals surface area (Å²) in [6, 6.07) is -0.701. The molecular weight excluding hydrogens is 388 g/mol. The lowest BCUT2D eigenvalue weighted by atomic mass is 9.97. The van der Waals surface area contributed by atoms with Crippen LogP contribution in [0.25, 0.3) is 0 Å². The highest BCUT2D eigenvalue weighted by atomic mass is 16.5. The average Bonchev–Trinajstić information content (AvgIpc) is 3.27. The van der Waals surface area contributed by atoms with E-state index >= 15 is 0 Å². The number of nitrogens with one attached hydrogen (secondary N) is 2. The van der Waals surface area contributed by atoms with Gasteiger partial charge in [0, 0.05) is 25.0 Å². The van der Waals surface area contributed by atoms with Crippen molar-refractivity contribution in [2.75, 3.05) is 19.7 Å². The lowest BCUT2D eigenvalue weighted by molar-refractivity contribution is -0.151. The molecule has 1 aromatic rings. The molecule has 166 valence electrons. The summed E-state index contributed by atoms with van der Waals surface area (Å²) in [5.41, 5.74) is -0.348. The van der Waals surface area contributed by atoms with Crippen LogP contribution in [0, 0.1) is 5.92 Å². The summed E-state index contributed by atoms with van der Waals surface area (Å²) in [7, 11) is 0. The molecule has 10 heteroatoms. The fraction of sp³-hybridized carbons (Fsp3) is 0.750. The summed E-state index contributed by atoms with van der Waals surface area (Å²) in [6.07, 6.45) is 2.82. The molecule has 3 rings (SSSR count). The summed E-state index contributed by atoms with van der Waals surface area (Å²) in [5, 5.41) is 14.0. The number of esters is 1. The van der Waals surface area contributed by atoms with Crippen LogP contribution in [0.1, 0.15) is 64.6 Å². The van der Waals surface area contributed by atoms with Crippen molar-refractivity contribution in [3.8, 4) is 0 Å². The molecule has 1 saturated heterocycles. The Hall–Kier alpha value is -2.65. The van der Waals surface area contributed by atoms with Crippen molar-refractivity contribution >= 4 is 17.9 Å². The third-order valence-corrected chi connectivity index (χ3v) is 5.32. The number of rotatable bonds is 5. The molecule has 2 atom stereocenters. The first-order chi connectivity index (χ1) is 14.2. The van der Waals surface area contributed by atoms with Gasteiger partial charge in [0.15, 0.2) is 5.82 Å². The summed E-state index contributed by atoms with van der Waals surface area (Å²) in [5.74, 6) is 0.778. The predicted molar refractivity (Wildman–Crippen MR) is 108 cm³/mol. The maximum absolute atomic E-state index is 13.3. The average molecular weight is 421 g/mol. The second-order valence-electron chi connectivity index (χ2n) is 8.89. The van der Waals surface area contributed by atoms with Gasteiger partial charge in [0.05, 0.1) is 19.1 Å². The number of aromatic nitrogens is 3. The molecule has 3 heterocycles. The first-order valence-corrected chi connectivity index (χ1v) is 10.6. The number of fused-ring (bicyclic) bond motifs is 1. The largest absolute Gasteiger partial charge is 0.466 e. The number of ether oxygens (including phenoxy) is 1. The van der Waals surface area contributed by atoms with Crippen molar-refractivity contribution in [2.45, 2.75) is 71.5 Å². The third-order valence-electron chi connectivity index (χ3n) is 5.32. The van der Waals surface area contributed by atoms with E-state index in [1.165, 1.54) is 0 Å². The van der Waals surface area contributed by atoms with Gasteiger partial charge in [-0.05, 0) is 47.0 Å². The fourth-order valence-corrected chi connectivity index (χ4v) is 4.03. The molecule has 0 radical (unpaired) electrons. The lowest BCUT2D eigenvalue weighted by Gasteiger charge is -2.33. The fourth-order valence-electron chi connectivity index (χ4n) is 4.03. The minimum absolute atomic E-state index is 0.0251. The van der Waals surface area contributed by atoms with Gasteiger partial charge in [0.1, 0.15) is 11.9 Å². The van der Waals surface area contributed by atoms with Crippen LogP contribution in [0.3, 0.4) is 0 Å². The molecule has 2 aliphatic heterocycles. The molecule has 0 spiro atoms. The second kappa shape index (κ2) is 9.01. The number of hydrogen-bond acceptors (Lipinski definition) is 6. The maximum Gasteiger partial charge on any atom is 0.315 e. The lowest BCUT2D eigenvalue weighted by Crippen LogP contribution is -2.47. The topological polar surface area (TPSA) is 118 Å². The number of aryl methyl sites for hydroxylation is 1. The van der Waals surface area contributed by atoms with Crippen LogP contribution >= 0.6 is 0 Å². The molecule has 10 nitrogen and oxygen atoms in total. The minimum Gasteiger partial charge on any atom is -0.466 e. The Morgan fingerprint density at radius 1 is 1.20 bits per heavy atom. The molecule has 1 aromatic heterocycles. The van der Waals surface area contributed by atoms with Crippen LogP contribution in [0.15, 0.2) is 0 Å². The summed E-state index contributed by atoms with van der Waals surface area (Å²) < 4.78 is 6.98. The summed E-state index contributed by atoms with van der Waals surface area (Å²) in [6.45, 7) is 9.03. The van der Waals surface area contributed by atoms with Gasteiger partial charge in [0.2, 0.25) is 5.91 Å². The molecule has 2 unspecified atom stereocenters. The van der Waals surface area contributed by atoms with Crippen molar-refractivity contribution in [2.24, 2.45) is 5.92 Å². The van der Waals surface area contributed by atoms with E-state index in [9.17, 15) is 14.4 Å². The number of carbonyl (C=O) groups excluding carboxylic acids is 3. The van der Waals surface area contributed by atoms with E-state index in [0.717, 1.165) is 18.7 Å². The molecule has 0 bridgehead atoms. The van der Waals surface area contributed by atoms with Crippen molar-refractivity contribution in [1.82, 2.24) is 30.3 Å². The van der Waals surface area contributed by atoms with Gasteiger partial charge in [-0.25, -0.2) is 4.79 Å². The van der Waals surface area contributed by atoms with Crippen LogP contribution in [-0.2, 0) is 27.3 Å². The Balaban J connectivity index is 1.66. The van der Waals surface area contributed by atoms with Crippen LogP contribution in [-0.4, -0.2) is 62.8 Å². The highest BCUT2D eigenvalue weighted by molar-refractivity contribution is 5.82. The van der Waals surface area contributed by atoms with Crippen LogP contribution < -0.4 is 10.6 Å². The number of carbonyl (C=O) groups is 3. The number of urea groups is 1. The molecule has 2 N–H and O–H groups in total. The van der Waals surface area contributed by atoms with Gasteiger partial charge in [0.25, 0.3) is 0 Å². The monoisotopic (exact) mass is 420 g/mol. The zero-order chi connectivity index (χ0) is 21.9. The maximum atomic E-state index is 13.3. The standard InChI is InChI=1S/C20H32N6O4/c1-5-30-18(28)13-7-6-10-25(12-13)17(27)14-8-9-15-23-24-16(26(14)15)11-21-19(29)22-20(2,3)4/h13-14H,5-12H2,1-4H3,(H2,21,22,29). The van der Waals surface area contributed by atoms with Crippen LogP contribution in [0.4, 0.5) is 4.79 Å². The van der Waals surface area contributed by atoms with Gasteiger partial charge < -0.3 is 24.8 Å². The van der Waals surface area contributed by atoms with Gasteiger partial charge in [-0.3, -0.25) is 9.59 Å². The van der Waals surface area contributed by atoms with E-state index in [0.29, 0.717) is 38.4 Å². The molecule has 1 fully saturated rings. The first kappa shape index (κ1) is 22.0. The Labute approximate surface area is 176 Å². The van der Waals surface area contributed by atoms with E-state index in [1.807, 2.05) is 25.3 Å². The van der Waals surface area contributed by atoms with E-state index in [-0.39, 0.29) is 35.9 Å². The van der Waals surface area contributed by atoms with Gasteiger partial charge >= 0.3 is 12.0 Å². The molecule has 30 heavy (non-hydrogen) atoms. The Bertz CT molecular complexity index is 800. The van der Waals surface area contributed by atoms with E-state index in [2.05, 4.69) is 20.8 Å². The first-order valence-electron chi connectivity index (χ1n) is 10.6. The molecule has 3 amide bonds. The van der Waals surface area contributed by atoms with Gasteiger partial charge in [-0.2, -0.15) is 0 Å². The van der Waals surface area contributed by atoms with Crippen LogP contribution in [0.2, 0.25) is 0 Å². The zero-order valence-electron chi connectivity index (χ0n) is 18.2. The van der Waals surface area contributed by atoms with E-state index < -0.39 is 6.04 Å². The smallest absolute Gasteiger partial charge is 0.315 e. The predicted octanol–water partition coefficient (Wildman–Crippen LogP) is 1.16. The van der Waals surface area contributed by atoms with Crippen molar-refractivity contribution in [3.63, 3.8) is 0 Å². The number of likely N-dealkylation sites (tertiary alicyclic amines) is 1. The van der Waals surface area contributed by atoms with Crippen LogP contribution in [0.5, 0.6) is 0 Å². The van der Waals surface area contributed by atoms with E-state index in [1.54, 1.807) is 11.8 Å². The second-order valence-corrected chi connectivity index (χ2v) is 8.89. The van der Waals surface area contributed by atoms with Gasteiger partial charge in [-0.1, -0.05) is 0 Å². The minimum atomic E-state index is -0.404. The normalized spacial score (nSPS) is 21.1. The Morgan fingerprint density at radius 3 is 2.67 bits per heavy atom. The summed E-state index contributed by atoms with van der Waals surface area (Å²) in [4.78, 5) is 39.2. The number of amides is 3. The summed E-state index contributed by atoms with van der Waals surface area (Å²) >= 11 is 0. The SMILES string of the molecule is CCOC(=O)C1CCCN(C(=O)C2CCc3nnc(CNC(=O)NC(C)(C)C)n32)C1. The third kappa shape index (κ3) is 5.09. The van der Waals surface area contributed by atoms with Crippen molar-refractivity contribution in [3.05, 3.63) is 11.6 Å². The van der Waals surface area contributed by atoms with Gasteiger partial charge in [-0.15, -0.1) is 10.2 Å². The number of nitrogens with zero attached hydrogens (tertiary/aromatic N) is 4. The Kier molecular flexibility index (Phi) is 6.62. The Morgan fingerprint density at radius 2 is 1.97 bits per heavy atom. The molecular formula is C20H32N6O4. The molecule has 0 aromatic carbocycles. The molecule has 2 aliphatic rings. The molecule has 0 aliphatic carbocycles.